The number of benzene rings is 1. The van der Waals surface area contributed by atoms with Crippen LogP contribution >= 0.6 is 0 Å². The highest BCUT2D eigenvalue weighted by molar-refractivity contribution is 5.30. The summed E-state index contributed by atoms with van der Waals surface area (Å²) in [6.45, 7) is 1.68. The van der Waals surface area contributed by atoms with Crippen molar-refractivity contribution in [1.82, 2.24) is 0 Å². The third-order valence-electron chi connectivity index (χ3n) is 2.49. The third kappa shape index (κ3) is 2.70. The van der Waals surface area contributed by atoms with Gasteiger partial charge in [0.25, 0.3) is 0 Å². The van der Waals surface area contributed by atoms with Crippen molar-refractivity contribution in [2.24, 2.45) is 0 Å². The van der Waals surface area contributed by atoms with Crippen LogP contribution in [0, 0.1) is 10.1 Å². The summed E-state index contributed by atoms with van der Waals surface area (Å²) in [7, 11) is 1.51. The average molecular weight is 225 g/mol. The fourth-order valence-corrected chi connectivity index (χ4v) is 1.54. The SMILES string of the molecule is CC[C@@H]([C@H](O)c1cccc(OC)c1)[N+](=O)[O-]. The van der Waals surface area contributed by atoms with E-state index in [0.29, 0.717) is 11.3 Å². The van der Waals surface area contributed by atoms with E-state index in [4.69, 9.17) is 4.74 Å². The van der Waals surface area contributed by atoms with Crippen LogP contribution < -0.4 is 4.74 Å². The molecule has 88 valence electrons. The largest absolute Gasteiger partial charge is 0.497 e. The molecule has 0 saturated carbocycles. The molecular weight excluding hydrogens is 210 g/mol. The van der Waals surface area contributed by atoms with Gasteiger partial charge in [-0.1, -0.05) is 19.1 Å². The van der Waals surface area contributed by atoms with E-state index in [1.165, 1.54) is 7.11 Å². The smallest absolute Gasteiger partial charge is 0.242 e. The van der Waals surface area contributed by atoms with Crippen molar-refractivity contribution in [3.8, 4) is 5.75 Å². The molecule has 0 aliphatic heterocycles. The standard InChI is InChI=1S/C11H15NO4/c1-3-10(12(14)15)11(13)8-5-4-6-9(7-8)16-2/h4-7,10-11,13H,3H2,1-2H3/t10-,11+/m0/s1. The summed E-state index contributed by atoms with van der Waals surface area (Å²) in [6.07, 6.45) is -0.819. The van der Waals surface area contributed by atoms with E-state index in [-0.39, 0.29) is 6.42 Å². The van der Waals surface area contributed by atoms with Gasteiger partial charge in [-0.3, -0.25) is 10.1 Å². The maximum atomic E-state index is 10.7. The molecule has 0 aliphatic carbocycles. The van der Waals surface area contributed by atoms with Gasteiger partial charge in [-0.2, -0.15) is 0 Å². The van der Waals surface area contributed by atoms with Gasteiger partial charge >= 0.3 is 0 Å². The Morgan fingerprint density at radius 3 is 2.75 bits per heavy atom. The number of nitrogens with zero attached hydrogens (tertiary/aromatic N) is 1. The van der Waals surface area contributed by atoms with Crippen LogP contribution in [-0.4, -0.2) is 23.2 Å². The first-order valence-corrected chi connectivity index (χ1v) is 5.05. The van der Waals surface area contributed by atoms with E-state index in [0.717, 1.165) is 0 Å². The zero-order chi connectivity index (χ0) is 12.1. The molecule has 2 atom stereocenters. The molecule has 16 heavy (non-hydrogen) atoms. The van der Waals surface area contributed by atoms with Crippen LogP contribution in [0.1, 0.15) is 25.0 Å². The first kappa shape index (κ1) is 12.4. The maximum absolute atomic E-state index is 10.7. The Labute approximate surface area is 93.8 Å². The van der Waals surface area contributed by atoms with Gasteiger partial charge in [0.1, 0.15) is 11.9 Å². The van der Waals surface area contributed by atoms with Gasteiger partial charge < -0.3 is 9.84 Å². The molecule has 0 bridgehead atoms. The lowest BCUT2D eigenvalue weighted by atomic mass is 10.0. The molecule has 1 aromatic carbocycles. The van der Waals surface area contributed by atoms with E-state index in [9.17, 15) is 15.2 Å². The molecule has 5 nitrogen and oxygen atoms in total. The van der Waals surface area contributed by atoms with Crippen molar-refractivity contribution in [3.63, 3.8) is 0 Å². The topological polar surface area (TPSA) is 72.6 Å². The maximum Gasteiger partial charge on any atom is 0.242 e. The Kier molecular flexibility index (Phi) is 4.25. The second-order valence-corrected chi connectivity index (χ2v) is 3.48. The van der Waals surface area contributed by atoms with E-state index >= 15 is 0 Å². The van der Waals surface area contributed by atoms with Gasteiger partial charge in [-0.15, -0.1) is 0 Å². The minimum atomic E-state index is -1.10. The van der Waals surface area contributed by atoms with Crippen molar-refractivity contribution in [3.05, 3.63) is 39.9 Å². The summed E-state index contributed by atoms with van der Waals surface area (Å²) in [5, 5.41) is 20.6. The highest BCUT2D eigenvalue weighted by atomic mass is 16.6. The number of hydrogen-bond acceptors (Lipinski definition) is 4. The zero-order valence-corrected chi connectivity index (χ0v) is 9.29. The Balaban J connectivity index is 2.93. The van der Waals surface area contributed by atoms with Crippen molar-refractivity contribution in [2.75, 3.05) is 7.11 Å². The second-order valence-electron chi connectivity index (χ2n) is 3.48. The summed E-state index contributed by atoms with van der Waals surface area (Å²) in [5.74, 6) is 0.578. The Morgan fingerprint density at radius 2 is 2.25 bits per heavy atom. The molecule has 0 spiro atoms. The Morgan fingerprint density at radius 1 is 1.56 bits per heavy atom. The number of nitro groups is 1. The van der Waals surface area contributed by atoms with Gasteiger partial charge in [0, 0.05) is 11.3 Å². The number of aliphatic hydroxyl groups excluding tert-OH is 1. The van der Waals surface area contributed by atoms with E-state index in [2.05, 4.69) is 0 Å². The molecular formula is C11H15NO4. The van der Waals surface area contributed by atoms with Gasteiger partial charge in [0.2, 0.25) is 6.04 Å². The first-order valence-electron chi connectivity index (χ1n) is 5.05. The van der Waals surface area contributed by atoms with Gasteiger partial charge in [-0.05, 0) is 17.7 Å². The molecule has 0 heterocycles. The van der Waals surface area contributed by atoms with E-state index in [1.54, 1.807) is 31.2 Å². The van der Waals surface area contributed by atoms with Crippen LogP contribution in [0.2, 0.25) is 0 Å². The quantitative estimate of drug-likeness (QED) is 0.612. The highest BCUT2D eigenvalue weighted by Crippen LogP contribution is 2.24. The summed E-state index contributed by atoms with van der Waals surface area (Å²) in [5.41, 5.74) is 0.503. The molecule has 1 rings (SSSR count). The molecule has 5 heteroatoms. The third-order valence-corrected chi connectivity index (χ3v) is 2.49. The fraction of sp³-hybridized carbons (Fsp3) is 0.455. The summed E-state index contributed by atoms with van der Waals surface area (Å²) in [6, 6.07) is 5.70. The van der Waals surface area contributed by atoms with Crippen molar-refractivity contribution >= 4 is 0 Å². The minimum Gasteiger partial charge on any atom is -0.497 e. The van der Waals surface area contributed by atoms with Gasteiger partial charge in [0.15, 0.2) is 0 Å². The lowest BCUT2D eigenvalue weighted by Gasteiger charge is -2.15. The number of aliphatic hydroxyl groups is 1. The van der Waals surface area contributed by atoms with E-state index < -0.39 is 17.1 Å². The molecule has 1 aromatic rings. The van der Waals surface area contributed by atoms with Crippen molar-refractivity contribution in [2.45, 2.75) is 25.5 Å². The highest BCUT2D eigenvalue weighted by Gasteiger charge is 2.29. The van der Waals surface area contributed by atoms with Crippen LogP contribution in [0.25, 0.3) is 0 Å². The zero-order valence-electron chi connectivity index (χ0n) is 9.29. The van der Waals surface area contributed by atoms with Crippen LogP contribution in [0.3, 0.4) is 0 Å². The van der Waals surface area contributed by atoms with Crippen LogP contribution in [0.4, 0.5) is 0 Å². The molecule has 0 fully saturated rings. The second kappa shape index (κ2) is 5.46. The molecule has 0 unspecified atom stereocenters. The summed E-state index contributed by atoms with van der Waals surface area (Å²) in [4.78, 5) is 10.3. The van der Waals surface area contributed by atoms with Gasteiger partial charge in [-0.25, -0.2) is 0 Å². The number of rotatable bonds is 5. The predicted molar refractivity (Wildman–Crippen MR) is 59.0 cm³/mol. The molecule has 0 aromatic heterocycles. The molecule has 0 saturated heterocycles. The van der Waals surface area contributed by atoms with Crippen LogP contribution in [-0.2, 0) is 0 Å². The minimum absolute atomic E-state index is 0.283. The number of ether oxygens (including phenoxy) is 1. The fourth-order valence-electron chi connectivity index (χ4n) is 1.54. The molecule has 0 radical (unpaired) electrons. The summed E-state index contributed by atoms with van der Waals surface area (Å²) >= 11 is 0. The van der Waals surface area contributed by atoms with Gasteiger partial charge in [0.05, 0.1) is 7.11 Å². The van der Waals surface area contributed by atoms with E-state index in [1.807, 2.05) is 0 Å². The molecule has 0 aliphatic rings. The van der Waals surface area contributed by atoms with Crippen molar-refractivity contribution < 1.29 is 14.8 Å². The Hall–Kier alpha value is -1.62. The number of hydrogen-bond donors (Lipinski definition) is 1. The lowest BCUT2D eigenvalue weighted by molar-refractivity contribution is -0.536. The van der Waals surface area contributed by atoms with Crippen molar-refractivity contribution in [1.29, 1.82) is 0 Å². The lowest BCUT2D eigenvalue weighted by Crippen LogP contribution is -2.26. The summed E-state index contributed by atoms with van der Waals surface area (Å²) < 4.78 is 5.00. The van der Waals surface area contributed by atoms with Crippen LogP contribution in [0.5, 0.6) is 5.75 Å². The van der Waals surface area contributed by atoms with Crippen LogP contribution in [0.15, 0.2) is 24.3 Å². The molecule has 0 amide bonds. The molecule has 1 N–H and O–H groups in total. The first-order chi connectivity index (χ1) is 7.60. The predicted octanol–water partition coefficient (Wildman–Crippen LogP) is 1.78. The Bertz CT molecular complexity index is 367. The number of methoxy groups -OCH3 is 1. The monoisotopic (exact) mass is 225 g/mol. The normalized spacial score (nSPS) is 14.2. The average Bonchev–Trinajstić information content (AvgIpc) is 2.29.